The normalized spacial score (nSPS) is 15.0. The van der Waals surface area contributed by atoms with Gasteiger partial charge in [-0.15, -0.1) is 11.3 Å². The number of fused-ring (bicyclic) bond motifs is 2. The first kappa shape index (κ1) is 16.4. The highest BCUT2D eigenvalue weighted by atomic mass is 32.1. The third-order valence-electron chi connectivity index (χ3n) is 5.10. The molecule has 0 amide bonds. The lowest BCUT2D eigenvalue weighted by atomic mass is 10.0. The van der Waals surface area contributed by atoms with Gasteiger partial charge in [-0.3, -0.25) is 19.2 Å². The Labute approximate surface area is 160 Å². The second-order valence-corrected chi connectivity index (χ2v) is 7.69. The van der Waals surface area contributed by atoms with Crippen molar-refractivity contribution in [2.75, 3.05) is 13.1 Å². The van der Waals surface area contributed by atoms with Gasteiger partial charge in [0.25, 0.3) is 5.56 Å². The molecule has 0 saturated carbocycles. The standard InChI is InChI=1S/C20H19N5OS/c26-18-12-15(21-20-25(18)10-11-27-20)13-24-8-6-16-17(7-9-24)22-23-19(16)14-4-2-1-3-5-14/h1-5,10-12H,6-9,13H2,(H,22,23). The largest absolute Gasteiger partial charge is 0.297 e. The maximum absolute atomic E-state index is 12.2. The van der Waals surface area contributed by atoms with Crippen LogP contribution in [-0.2, 0) is 19.4 Å². The minimum atomic E-state index is -0.00754. The summed E-state index contributed by atoms with van der Waals surface area (Å²) in [5.74, 6) is 0. The van der Waals surface area contributed by atoms with Crippen LogP contribution in [0.4, 0.5) is 0 Å². The molecule has 0 fully saturated rings. The van der Waals surface area contributed by atoms with E-state index in [1.165, 1.54) is 22.6 Å². The molecule has 6 nitrogen and oxygen atoms in total. The summed E-state index contributed by atoms with van der Waals surface area (Å²) in [6.07, 6.45) is 3.64. The molecule has 1 aliphatic heterocycles. The molecule has 7 heteroatoms. The second-order valence-electron chi connectivity index (χ2n) is 6.81. The molecule has 0 bridgehead atoms. The van der Waals surface area contributed by atoms with Crippen LogP contribution in [0.15, 0.2) is 52.8 Å². The lowest BCUT2D eigenvalue weighted by Gasteiger charge is -2.19. The van der Waals surface area contributed by atoms with Crippen molar-refractivity contribution in [3.8, 4) is 11.3 Å². The Morgan fingerprint density at radius 1 is 1.15 bits per heavy atom. The Bertz CT molecular complexity index is 1140. The van der Waals surface area contributed by atoms with Gasteiger partial charge in [-0.2, -0.15) is 5.10 Å². The Morgan fingerprint density at radius 2 is 2.00 bits per heavy atom. The van der Waals surface area contributed by atoms with Crippen LogP contribution in [0.25, 0.3) is 16.2 Å². The average Bonchev–Trinajstić information content (AvgIpc) is 3.27. The van der Waals surface area contributed by atoms with E-state index in [-0.39, 0.29) is 5.56 Å². The van der Waals surface area contributed by atoms with Crippen LogP contribution in [-0.4, -0.2) is 37.6 Å². The third kappa shape index (κ3) is 3.09. The van der Waals surface area contributed by atoms with Crippen molar-refractivity contribution in [2.24, 2.45) is 0 Å². The molecule has 0 atom stereocenters. The summed E-state index contributed by atoms with van der Waals surface area (Å²) in [7, 11) is 0. The van der Waals surface area contributed by atoms with Crippen molar-refractivity contribution >= 4 is 16.3 Å². The number of nitrogens with one attached hydrogen (secondary N) is 1. The van der Waals surface area contributed by atoms with Gasteiger partial charge in [-0.05, 0) is 6.42 Å². The zero-order valence-corrected chi connectivity index (χ0v) is 15.6. The van der Waals surface area contributed by atoms with Gasteiger partial charge in [0, 0.05) is 60.5 Å². The number of H-pyrrole nitrogens is 1. The lowest BCUT2D eigenvalue weighted by Crippen LogP contribution is -2.27. The predicted octanol–water partition coefficient (Wildman–Crippen LogP) is 2.75. The van der Waals surface area contributed by atoms with Crippen molar-refractivity contribution in [3.63, 3.8) is 0 Å². The zero-order valence-electron chi connectivity index (χ0n) is 14.8. The quantitative estimate of drug-likeness (QED) is 0.596. The molecule has 0 unspecified atom stereocenters. The van der Waals surface area contributed by atoms with E-state index < -0.39 is 0 Å². The summed E-state index contributed by atoms with van der Waals surface area (Å²) < 4.78 is 1.60. The molecule has 3 aromatic heterocycles. The van der Waals surface area contributed by atoms with E-state index in [0.29, 0.717) is 6.54 Å². The van der Waals surface area contributed by atoms with Crippen LogP contribution in [0.1, 0.15) is 17.0 Å². The van der Waals surface area contributed by atoms with Gasteiger partial charge < -0.3 is 0 Å². The summed E-state index contributed by atoms with van der Waals surface area (Å²) in [6, 6.07) is 12.0. The van der Waals surface area contributed by atoms with E-state index in [4.69, 9.17) is 0 Å². The van der Waals surface area contributed by atoms with Crippen LogP contribution in [0.2, 0.25) is 0 Å². The van der Waals surface area contributed by atoms with Crippen molar-refractivity contribution in [3.05, 3.63) is 75.3 Å². The second kappa shape index (κ2) is 6.75. The smallest absolute Gasteiger partial charge is 0.258 e. The fourth-order valence-corrected chi connectivity index (χ4v) is 4.46. The number of thiazole rings is 1. The molecule has 136 valence electrons. The number of nitrogens with zero attached hydrogens (tertiary/aromatic N) is 4. The maximum atomic E-state index is 12.2. The molecule has 1 aliphatic rings. The van der Waals surface area contributed by atoms with E-state index in [0.717, 1.165) is 47.8 Å². The van der Waals surface area contributed by atoms with Crippen molar-refractivity contribution in [2.45, 2.75) is 19.4 Å². The van der Waals surface area contributed by atoms with Gasteiger partial charge in [-0.1, -0.05) is 30.3 Å². The molecule has 4 aromatic rings. The van der Waals surface area contributed by atoms with Gasteiger partial charge in [0.05, 0.1) is 11.4 Å². The van der Waals surface area contributed by atoms with Gasteiger partial charge in [-0.25, -0.2) is 4.98 Å². The Morgan fingerprint density at radius 3 is 2.89 bits per heavy atom. The zero-order chi connectivity index (χ0) is 18.2. The highest BCUT2D eigenvalue weighted by molar-refractivity contribution is 7.15. The first-order valence-corrected chi connectivity index (χ1v) is 9.95. The molecular weight excluding hydrogens is 358 g/mol. The molecule has 0 spiro atoms. The Hall–Kier alpha value is -2.77. The fraction of sp³-hybridized carbons (Fsp3) is 0.250. The van der Waals surface area contributed by atoms with E-state index in [9.17, 15) is 4.79 Å². The minimum absolute atomic E-state index is 0.00754. The Kier molecular flexibility index (Phi) is 4.10. The summed E-state index contributed by atoms with van der Waals surface area (Å²) in [6.45, 7) is 2.55. The lowest BCUT2D eigenvalue weighted by molar-refractivity contribution is 0.275. The summed E-state index contributed by atoms with van der Waals surface area (Å²) >= 11 is 1.49. The summed E-state index contributed by atoms with van der Waals surface area (Å²) in [5.41, 5.74) is 5.58. The van der Waals surface area contributed by atoms with Crippen molar-refractivity contribution in [1.29, 1.82) is 0 Å². The number of benzene rings is 1. The van der Waals surface area contributed by atoms with Crippen LogP contribution in [0.5, 0.6) is 0 Å². The minimum Gasteiger partial charge on any atom is -0.297 e. The number of hydrogen-bond donors (Lipinski definition) is 1. The van der Waals surface area contributed by atoms with E-state index >= 15 is 0 Å². The van der Waals surface area contributed by atoms with Crippen LogP contribution in [0, 0.1) is 0 Å². The van der Waals surface area contributed by atoms with E-state index in [2.05, 4.69) is 32.2 Å². The number of aromatic nitrogens is 4. The van der Waals surface area contributed by atoms with Gasteiger partial charge in [0.1, 0.15) is 0 Å². The van der Waals surface area contributed by atoms with Crippen LogP contribution < -0.4 is 5.56 Å². The monoisotopic (exact) mass is 377 g/mol. The average molecular weight is 377 g/mol. The van der Waals surface area contributed by atoms with Gasteiger partial charge in [0.2, 0.25) is 0 Å². The molecule has 1 N–H and O–H groups in total. The van der Waals surface area contributed by atoms with Crippen molar-refractivity contribution < 1.29 is 0 Å². The maximum Gasteiger partial charge on any atom is 0.258 e. The number of rotatable bonds is 3. The number of hydrogen-bond acceptors (Lipinski definition) is 5. The SMILES string of the molecule is O=c1cc(CN2CCc3[nH]nc(-c4ccccc4)c3CC2)nc2sccn12. The van der Waals surface area contributed by atoms with Crippen LogP contribution in [0.3, 0.4) is 0 Å². The molecule has 1 aromatic carbocycles. The fourth-order valence-electron chi connectivity index (χ4n) is 3.72. The first-order valence-electron chi connectivity index (χ1n) is 9.07. The molecule has 27 heavy (non-hydrogen) atoms. The van der Waals surface area contributed by atoms with E-state index in [1.807, 2.05) is 23.6 Å². The van der Waals surface area contributed by atoms with Crippen molar-refractivity contribution in [1.82, 2.24) is 24.5 Å². The van der Waals surface area contributed by atoms with E-state index in [1.54, 1.807) is 16.7 Å². The molecule has 0 aliphatic carbocycles. The van der Waals surface area contributed by atoms with Gasteiger partial charge >= 0.3 is 0 Å². The molecule has 5 rings (SSSR count). The summed E-state index contributed by atoms with van der Waals surface area (Å²) in [4.78, 5) is 20.0. The molecular formula is C20H19N5OS. The van der Waals surface area contributed by atoms with Crippen LogP contribution >= 0.6 is 11.3 Å². The highest BCUT2D eigenvalue weighted by Crippen LogP contribution is 2.26. The topological polar surface area (TPSA) is 66.3 Å². The summed E-state index contributed by atoms with van der Waals surface area (Å²) in [5, 5.41) is 9.69. The Balaban J connectivity index is 1.37. The molecule has 4 heterocycles. The first-order chi connectivity index (χ1) is 13.3. The molecule has 0 saturated heterocycles. The molecule has 0 radical (unpaired) electrons. The van der Waals surface area contributed by atoms with Gasteiger partial charge in [0.15, 0.2) is 4.96 Å². The highest BCUT2D eigenvalue weighted by Gasteiger charge is 2.20. The number of aromatic amines is 1. The predicted molar refractivity (Wildman–Crippen MR) is 106 cm³/mol. The third-order valence-corrected chi connectivity index (χ3v) is 5.85.